The molecule has 1 atom stereocenters. The topological polar surface area (TPSA) is 83.6 Å². The van der Waals surface area contributed by atoms with Crippen LogP contribution in [-0.4, -0.2) is 31.1 Å². The van der Waals surface area contributed by atoms with Gasteiger partial charge in [0.15, 0.2) is 0 Å². The Hall–Kier alpha value is -2.38. The van der Waals surface area contributed by atoms with Crippen molar-refractivity contribution in [3.05, 3.63) is 64.2 Å². The molecule has 0 fully saturated rings. The highest BCUT2D eigenvalue weighted by Crippen LogP contribution is 2.31. The fourth-order valence-electron chi connectivity index (χ4n) is 3.09. The van der Waals surface area contributed by atoms with Crippen LogP contribution >= 0.6 is 11.6 Å². The Morgan fingerprint density at radius 3 is 2.41 bits per heavy atom. The standard InChI is InChI=1S/C19H19ClN2O4S/c1-3-16(12-5-8-14(20)9-6-12)21-18(23)13-7-10-15-17(11-13)27(25,26)22(4-2)19(15)24/h5-11,16H,3-4H2,1-2H3,(H,21,23). The summed E-state index contributed by atoms with van der Waals surface area (Å²) in [5.41, 5.74) is 1.19. The third-order valence-corrected chi connectivity index (χ3v) is 6.69. The summed E-state index contributed by atoms with van der Waals surface area (Å²) in [5.74, 6) is -0.968. The molecule has 0 saturated carbocycles. The van der Waals surface area contributed by atoms with Crippen molar-refractivity contribution in [3.8, 4) is 0 Å². The number of carbonyl (C=O) groups excluding carboxylic acids is 2. The van der Waals surface area contributed by atoms with Crippen molar-refractivity contribution in [2.75, 3.05) is 6.54 Å². The summed E-state index contributed by atoms with van der Waals surface area (Å²) in [7, 11) is -3.90. The quantitative estimate of drug-likeness (QED) is 0.824. The minimum atomic E-state index is -3.90. The van der Waals surface area contributed by atoms with Gasteiger partial charge >= 0.3 is 0 Å². The Bertz CT molecular complexity index is 1000. The minimum Gasteiger partial charge on any atom is -0.345 e. The van der Waals surface area contributed by atoms with Gasteiger partial charge in [-0.05, 0) is 49.2 Å². The maximum atomic E-state index is 12.7. The predicted octanol–water partition coefficient (Wildman–Crippen LogP) is 3.39. The van der Waals surface area contributed by atoms with E-state index < -0.39 is 21.8 Å². The smallest absolute Gasteiger partial charge is 0.268 e. The van der Waals surface area contributed by atoms with Gasteiger partial charge in [0.1, 0.15) is 4.90 Å². The maximum absolute atomic E-state index is 12.7. The number of nitrogens with zero attached hydrogens (tertiary/aromatic N) is 1. The third-order valence-electron chi connectivity index (χ3n) is 4.54. The fourth-order valence-corrected chi connectivity index (χ4v) is 4.82. The van der Waals surface area contributed by atoms with Gasteiger partial charge in [-0.1, -0.05) is 30.7 Å². The molecule has 0 saturated heterocycles. The largest absolute Gasteiger partial charge is 0.345 e. The summed E-state index contributed by atoms with van der Waals surface area (Å²) in [5, 5.41) is 3.50. The number of amides is 2. The normalized spacial score (nSPS) is 16.1. The Kier molecular flexibility index (Phi) is 5.26. The monoisotopic (exact) mass is 406 g/mol. The number of benzene rings is 2. The van der Waals surface area contributed by atoms with Gasteiger partial charge in [-0.3, -0.25) is 9.59 Å². The minimum absolute atomic E-state index is 0.0475. The summed E-state index contributed by atoms with van der Waals surface area (Å²) < 4.78 is 25.8. The van der Waals surface area contributed by atoms with Crippen molar-refractivity contribution in [1.29, 1.82) is 0 Å². The highest BCUT2D eigenvalue weighted by Gasteiger charge is 2.40. The van der Waals surface area contributed by atoms with Crippen LogP contribution in [0.15, 0.2) is 47.4 Å². The molecule has 0 aliphatic carbocycles. The van der Waals surface area contributed by atoms with Crippen molar-refractivity contribution in [3.63, 3.8) is 0 Å². The molecule has 1 unspecified atom stereocenters. The molecule has 2 amide bonds. The molecule has 0 bridgehead atoms. The lowest BCUT2D eigenvalue weighted by Crippen LogP contribution is -2.29. The van der Waals surface area contributed by atoms with Crippen LogP contribution in [0.5, 0.6) is 0 Å². The van der Waals surface area contributed by atoms with E-state index in [0.29, 0.717) is 11.4 Å². The molecule has 27 heavy (non-hydrogen) atoms. The fraction of sp³-hybridized carbons (Fsp3) is 0.263. The van der Waals surface area contributed by atoms with Crippen LogP contribution in [0.25, 0.3) is 0 Å². The van der Waals surface area contributed by atoms with Gasteiger partial charge in [-0.25, -0.2) is 12.7 Å². The lowest BCUT2D eigenvalue weighted by Gasteiger charge is -2.18. The molecule has 1 aliphatic heterocycles. The first-order valence-electron chi connectivity index (χ1n) is 8.57. The Labute approximate surface area is 163 Å². The van der Waals surface area contributed by atoms with Crippen LogP contribution < -0.4 is 5.32 Å². The van der Waals surface area contributed by atoms with Gasteiger partial charge in [-0.15, -0.1) is 0 Å². The predicted molar refractivity (Wildman–Crippen MR) is 102 cm³/mol. The second-order valence-electron chi connectivity index (χ2n) is 6.17. The van der Waals surface area contributed by atoms with Crippen LogP contribution in [0.2, 0.25) is 5.02 Å². The van der Waals surface area contributed by atoms with E-state index in [1.54, 1.807) is 19.1 Å². The molecule has 1 aliphatic rings. The van der Waals surface area contributed by atoms with Gasteiger partial charge in [-0.2, -0.15) is 0 Å². The molecule has 1 N–H and O–H groups in total. The van der Waals surface area contributed by atoms with E-state index >= 15 is 0 Å². The van der Waals surface area contributed by atoms with Crippen molar-refractivity contribution >= 4 is 33.4 Å². The van der Waals surface area contributed by atoms with E-state index in [4.69, 9.17) is 11.6 Å². The number of fused-ring (bicyclic) bond motifs is 1. The molecule has 3 rings (SSSR count). The van der Waals surface area contributed by atoms with E-state index in [1.165, 1.54) is 18.2 Å². The van der Waals surface area contributed by atoms with Crippen molar-refractivity contribution in [1.82, 2.24) is 9.62 Å². The molecule has 6 nitrogen and oxygen atoms in total. The molecular formula is C19H19ClN2O4S. The number of hydrogen-bond acceptors (Lipinski definition) is 4. The number of sulfonamides is 1. The van der Waals surface area contributed by atoms with Gasteiger partial charge in [0.25, 0.3) is 21.8 Å². The van der Waals surface area contributed by atoms with Crippen LogP contribution in [0, 0.1) is 0 Å². The summed E-state index contributed by atoms with van der Waals surface area (Å²) in [4.78, 5) is 24.7. The summed E-state index contributed by atoms with van der Waals surface area (Å²) in [6.07, 6.45) is 0.651. The molecule has 0 radical (unpaired) electrons. The average molecular weight is 407 g/mol. The van der Waals surface area contributed by atoms with Gasteiger partial charge in [0.05, 0.1) is 11.6 Å². The number of nitrogens with one attached hydrogen (secondary N) is 1. The Morgan fingerprint density at radius 2 is 1.81 bits per heavy atom. The van der Waals surface area contributed by atoms with E-state index in [0.717, 1.165) is 9.87 Å². The Morgan fingerprint density at radius 1 is 1.15 bits per heavy atom. The first-order valence-corrected chi connectivity index (χ1v) is 10.4. The second kappa shape index (κ2) is 7.32. The number of hydrogen-bond donors (Lipinski definition) is 1. The lowest BCUT2D eigenvalue weighted by atomic mass is 10.0. The second-order valence-corrected chi connectivity index (χ2v) is 8.44. The van der Waals surface area contributed by atoms with Gasteiger partial charge in [0, 0.05) is 17.1 Å². The van der Waals surface area contributed by atoms with E-state index in [9.17, 15) is 18.0 Å². The summed E-state index contributed by atoms with van der Waals surface area (Å²) >= 11 is 5.90. The molecule has 2 aromatic rings. The maximum Gasteiger partial charge on any atom is 0.268 e. The van der Waals surface area contributed by atoms with Crippen LogP contribution in [0.1, 0.15) is 52.6 Å². The highest BCUT2D eigenvalue weighted by atomic mass is 35.5. The number of halogens is 1. The molecule has 2 aromatic carbocycles. The highest BCUT2D eigenvalue weighted by molar-refractivity contribution is 7.90. The van der Waals surface area contributed by atoms with Crippen molar-refractivity contribution < 1.29 is 18.0 Å². The van der Waals surface area contributed by atoms with E-state index in [-0.39, 0.29) is 28.6 Å². The molecule has 142 valence electrons. The van der Waals surface area contributed by atoms with Gasteiger partial charge in [0.2, 0.25) is 0 Å². The molecule has 0 aromatic heterocycles. The van der Waals surface area contributed by atoms with Crippen LogP contribution in [0.3, 0.4) is 0 Å². The number of rotatable bonds is 5. The first-order chi connectivity index (χ1) is 12.8. The van der Waals surface area contributed by atoms with Crippen LogP contribution in [-0.2, 0) is 10.0 Å². The molecule has 0 spiro atoms. The van der Waals surface area contributed by atoms with E-state index in [2.05, 4.69) is 5.32 Å². The zero-order chi connectivity index (χ0) is 19.8. The third kappa shape index (κ3) is 3.44. The summed E-state index contributed by atoms with van der Waals surface area (Å²) in [6, 6.07) is 11.1. The first kappa shape index (κ1) is 19.4. The van der Waals surface area contributed by atoms with Crippen LogP contribution in [0.4, 0.5) is 0 Å². The summed E-state index contributed by atoms with van der Waals surface area (Å²) in [6.45, 7) is 3.57. The van der Waals surface area contributed by atoms with Crippen molar-refractivity contribution in [2.45, 2.75) is 31.2 Å². The average Bonchev–Trinajstić information content (AvgIpc) is 2.85. The zero-order valence-electron chi connectivity index (χ0n) is 14.9. The number of carbonyl (C=O) groups is 2. The molecular weight excluding hydrogens is 388 g/mol. The molecule has 1 heterocycles. The van der Waals surface area contributed by atoms with E-state index in [1.807, 2.05) is 19.1 Å². The molecule has 8 heteroatoms. The van der Waals surface area contributed by atoms with Gasteiger partial charge < -0.3 is 5.32 Å². The SMILES string of the molecule is CCC(NC(=O)c1ccc2c(c1)S(=O)(=O)N(CC)C2=O)c1ccc(Cl)cc1. The zero-order valence-corrected chi connectivity index (χ0v) is 16.5. The lowest BCUT2D eigenvalue weighted by molar-refractivity contribution is 0.0873. The Balaban J connectivity index is 1.89. The van der Waals surface area contributed by atoms with Crippen molar-refractivity contribution in [2.24, 2.45) is 0 Å².